The van der Waals surface area contributed by atoms with E-state index in [-0.39, 0.29) is 16.7 Å². The van der Waals surface area contributed by atoms with Gasteiger partial charge in [0.1, 0.15) is 0 Å². The number of benzene rings is 1. The topological polar surface area (TPSA) is 153 Å². The average molecular weight is 343 g/mol. The van der Waals surface area contributed by atoms with Gasteiger partial charge in [-0.3, -0.25) is 14.1 Å². The van der Waals surface area contributed by atoms with E-state index in [0.29, 0.717) is 13.0 Å². The van der Waals surface area contributed by atoms with E-state index < -0.39 is 22.1 Å². The number of primary amides is 1. The van der Waals surface area contributed by atoms with Crippen molar-refractivity contribution in [3.8, 4) is 0 Å². The zero-order chi connectivity index (χ0) is 17.6. The van der Waals surface area contributed by atoms with E-state index in [2.05, 4.69) is 5.32 Å². The SMILES string of the molecule is Cc1ccc(S(=O)(=O)O)cc1.NC(=O)C(N)C[C@@H]1CCNC1=O. The van der Waals surface area contributed by atoms with E-state index in [1.54, 1.807) is 12.1 Å². The first kappa shape index (κ1) is 19.1. The molecule has 128 valence electrons. The average Bonchev–Trinajstić information content (AvgIpc) is 2.84. The zero-order valence-corrected chi connectivity index (χ0v) is 13.5. The number of hydrogen-bond donors (Lipinski definition) is 4. The second-order valence-electron chi connectivity index (χ2n) is 5.31. The molecule has 23 heavy (non-hydrogen) atoms. The third-order valence-corrected chi connectivity index (χ3v) is 4.25. The standard InChI is InChI=1S/C7H13N3O2.C7H8O3S/c8-5(6(9)11)3-4-1-2-10-7(4)12;1-6-2-4-7(5-3-6)11(8,9)10/h4-5H,1-3,8H2,(H2,9,11)(H,10,12);2-5H,1H3,(H,8,9,10)/t4-,5?;/m0./s1. The summed E-state index contributed by atoms with van der Waals surface area (Å²) in [6.45, 7) is 2.52. The predicted molar refractivity (Wildman–Crippen MR) is 83.9 cm³/mol. The molecule has 1 heterocycles. The molecule has 0 spiro atoms. The molecule has 0 saturated carbocycles. The van der Waals surface area contributed by atoms with E-state index >= 15 is 0 Å². The highest BCUT2D eigenvalue weighted by atomic mass is 32.2. The van der Waals surface area contributed by atoms with E-state index in [9.17, 15) is 18.0 Å². The van der Waals surface area contributed by atoms with Crippen LogP contribution in [0.4, 0.5) is 0 Å². The summed E-state index contributed by atoms with van der Waals surface area (Å²) in [4.78, 5) is 21.5. The van der Waals surface area contributed by atoms with Crippen LogP contribution >= 0.6 is 0 Å². The quantitative estimate of drug-likeness (QED) is 0.544. The molecule has 1 aliphatic rings. The molecule has 1 fully saturated rings. The number of carbonyl (C=O) groups excluding carboxylic acids is 2. The largest absolute Gasteiger partial charge is 0.368 e. The molecule has 2 atom stereocenters. The fraction of sp³-hybridized carbons (Fsp3) is 0.429. The molecule has 2 rings (SSSR count). The predicted octanol–water partition coefficient (Wildman–Crippen LogP) is -0.433. The first-order valence-electron chi connectivity index (χ1n) is 6.98. The van der Waals surface area contributed by atoms with Gasteiger partial charge in [0, 0.05) is 12.5 Å². The molecule has 0 aliphatic carbocycles. The molecule has 1 aromatic carbocycles. The lowest BCUT2D eigenvalue weighted by atomic mass is 9.99. The molecule has 8 nitrogen and oxygen atoms in total. The summed E-state index contributed by atoms with van der Waals surface area (Å²) in [7, 11) is -4.02. The lowest BCUT2D eigenvalue weighted by Crippen LogP contribution is -2.39. The second kappa shape index (κ2) is 8.04. The van der Waals surface area contributed by atoms with Crippen molar-refractivity contribution >= 4 is 21.9 Å². The highest BCUT2D eigenvalue weighted by molar-refractivity contribution is 7.85. The molecular weight excluding hydrogens is 322 g/mol. The van der Waals surface area contributed by atoms with Crippen molar-refractivity contribution in [2.75, 3.05) is 6.54 Å². The summed E-state index contributed by atoms with van der Waals surface area (Å²) in [5.41, 5.74) is 11.3. The van der Waals surface area contributed by atoms with Gasteiger partial charge in [-0.1, -0.05) is 17.7 Å². The third-order valence-electron chi connectivity index (χ3n) is 3.39. The number of carbonyl (C=O) groups is 2. The Hall–Kier alpha value is -1.97. The van der Waals surface area contributed by atoms with Crippen LogP contribution in [0.2, 0.25) is 0 Å². The van der Waals surface area contributed by atoms with Crippen LogP contribution in [0.15, 0.2) is 29.2 Å². The Balaban J connectivity index is 0.000000231. The maximum absolute atomic E-state index is 11.0. The number of hydrogen-bond acceptors (Lipinski definition) is 5. The smallest absolute Gasteiger partial charge is 0.294 e. The van der Waals surface area contributed by atoms with E-state index in [4.69, 9.17) is 16.0 Å². The van der Waals surface area contributed by atoms with Gasteiger partial charge >= 0.3 is 0 Å². The van der Waals surface area contributed by atoms with Gasteiger partial charge in [0.15, 0.2) is 0 Å². The Bertz CT molecular complexity index is 657. The Kier molecular flexibility index (Phi) is 6.67. The molecule has 2 amide bonds. The lowest BCUT2D eigenvalue weighted by Gasteiger charge is -2.10. The van der Waals surface area contributed by atoms with Crippen LogP contribution in [0.1, 0.15) is 18.4 Å². The number of nitrogens with one attached hydrogen (secondary N) is 1. The van der Waals surface area contributed by atoms with Crippen molar-refractivity contribution in [1.29, 1.82) is 0 Å². The van der Waals surface area contributed by atoms with Crippen LogP contribution in [0.3, 0.4) is 0 Å². The van der Waals surface area contributed by atoms with Crippen molar-refractivity contribution in [3.63, 3.8) is 0 Å². The maximum Gasteiger partial charge on any atom is 0.294 e. The number of aryl methyl sites for hydroxylation is 1. The normalized spacial score (nSPS) is 18.6. The first-order chi connectivity index (χ1) is 10.6. The lowest BCUT2D eigenvalue weighted by molar-refractivity contribution is -0.123. The summed E-state index contributed by atoms with van der Waals surface area (Å²) in [6.07, 6.45) is 1.11. The highest BCUT2D eigenvalue weighted by Gasteiger charge is 2.27. The fourth-order valence-corrected chi connectivity index (χ4v) is 2.48. The summed E-state index contributed by atoms with van der Waals surface area (Å²) in [6, 6.07) is 5.29. The number of amides is 2. The van der Waals surface area contributed by atoms with Crippen LogP contribution in [-0.2, 0) is 19.7 Å². The molecule has 0 radical (unpaired) electrons. The van der Waals surface area contributed by atoms with Crippen LogP contribution < -0.4 is 16.8 Å². The Morgan fingerprint density at radius 1 is 1.39 bits per heavy atom. The Morgan fingerprint density at radius 2 is 1.96 bits per heavy atom. The molecular formula is C14H21N3O5S. The van der Waals surface area contributed by atoms with Crippen molar-refractivity contribution in [1.82, 2.24) is 5.32 Å². The van der Waals surface area contributed by atoms with Gasteiger partial charge in [-0.2, -0.15) is 8.42 Å². The summed E-state index contributed by atoms with van der Waals surface area (Å²) in [5.74, 6) is -0.700. The van der Waals surface area contributed by atoms with Gasteiger partial charge in [-0.15, -0.1) is 0 Å². The van der Waals surface area contributed by atoms with Crippen LogP contribution in [0.25, 0.3) is 0 Å². The molecule has 1 aromatic rings. The minimum absolute atomic E-state index is 0.0216. The van der Waals surface area contributed by atoms with Crippen LogP contribution in [-0.4, -0.2) is 37.4 Å². The minimum Gasteiger partial charge on any atom is -0.368 e. The van der Waals surface area contributed by atoms with E-state index in [1.807, 2.05) is 6.92 Å². The summed E-state index contributed by atoms with van der Waals surface area (Å²) in [5, 5.41) is 2.67. The first-order valence-corrected chi connectivity index (χ1v) is 8.42. The van der Waals surface area contributed by atoms with Crippen molar-refractivity contribution in [2.45, 2.75) is 30.7 Å². The van der Waals surface area contributed by atoms with Gasteiger partial charge < -0.3 is 16.8 Å². The molecule has 9 heteroatoms. The van der Waals surface area contributed by atoms with Gasteiger partial charge in [0.2, 0.25) is 11.8 Å². The molecule has 1 unspecified atom stereocenters. The highest BCUT2D eigenvalue weighted by Crippen LogP contribution is 2.14. The van der Waals surface area contributed by atoms with Gasteiger partial charge in [-0.05, 0) is 31.9 Å². The van der Waals surface area contributed by atoms with Crippen molar-refractivity contribution < 1.29 is 22.6 Å². The molecule has 0 bridgehead atoms. The van der Waals surface area contributed by atoms with Crippen molar-refractivity contribution in [3.05, 3.63) is 29.8 Å². The van der Waals surface area contributed by atoms with Gasteiger partial charge in [0.05, 0.1) is 10.9 Å². The second-order valence-corrected chi connectivity index (χ2v) is 6.73. The van der Waals surface area contributed by atoms with E-state index in [0.717, 1.165) is 12.0 Å². The van der Waals surface area contributed by atoms with Gasteiger partial charge in [-0.25, -0.2) is 0 Å². The molecule has 1 aliphatic heterocycles. The molecule has 0 aromatic heterocycles. The number of rotatable bonds is 4. The molecule has 1 saturated heterocycles. The molecule has 6 N–H and O–H groups in total. The minimum atomic E-state index is -4.02. The Morgan fingerprint density at radius 3 is 2.35 bits per heavy atom. The van der Waals surface area contributed by atoms with Crippen LogP contribution in [0, 0.1) is 12.8 Å². The summed E-state index contributed by atoms with van der Waals surface area (Å²) >= 11 is 0. The monoisotopic (exact) mass is 343 g/mol. The fourth-order valence-electron chi connectivity index (χ4n) is 2.00. The third kappa shape index (κ3) is 6.35. The zero-order valence-electron chi connectivity index (χ0n) is 12.7. The maximum atomic E-state index is 11.0. The number of nitrogens with two attached hydrogens (primary N) is 2. The van der Waals surface area contributed by atoms with Gasteiger partial charge in [0.25, 0.3) is 10.1 Å². The van der Waals surface area contributed by atoms with Crippen molar-refractivity contribution in [2.24, 2.45) is 17.4 Å². The van der Waals surface area contributed by atoms with E-state index in [1.165, 1.54) is 12.1 Å². The summed E-state index contributed by atoms with van der Waals surface area (Å²) < 4.78 is 29.6. The van der Waals surface area contributed by atoms with Crippen LogP contribution in [0.5, 0.6) is 0 Å². The Labute approximate surface area is 135 Å².